The Kier molecular flexibility index (Phi) is 1.83. The predicted molar refractivity (Wildman–Crippen MR) is 47.4 cm³/mol. The molecule has 4 nitrogen and oxygen atoms in total. The second-order valence-corrected chi connectivity index (χ2v) is 2.75. The van der Waals surface area contributed by atoms with Crippen molar-refractivity contribution >= 4 is 17.2 Å². The van der Waals surface area contributed by atoms with Crippen LogP contribution in [0.3, 0.4) is 0 Å². The highest BCUT2D eigenvalue weighted by atomic mass is 16.3. The van der Waals surface area contributed by atoms with Crippen molar-refractivity contribution in [3.05, 3.63) is 29.5 Å². The van der Waals surface area contributed by atoms with Crippen LogP contribution in [0, 0.1) is 0 Å². The molecule has 0 bridgehead atoms. The number of carbonyl (C=O) groups is 1. The van der Waals surface area contributed by atoms with Crippen LogP contribution in [-0.2, 0) is 6.61 Å². The third kappa shape index (κ3) is 1.21. The van der Waals surface area contributed by atoms with Gasteiger partial charge in [0.1, 0.15) is 6.29 Å². The summed E-state index contributed by atoms with van der Waals surface area (Å²) in [6.45, 7) is -0.0725. The van der Waals surface area contributed by atoms with Gasteiger partial charge >= 0.3 is 0 Å². The van der Waals surface area contributed by atoms with Crippen molar-refractivity contribution in [2.75, 3.05) is 0 Å². The summed E-state index contributed by atoms with van der Waals surface area (Å²) in [7, 11) is 0. The maximum Gasteiger partial charge on any atom is 0.150 e. The van der Waals surface area contributed by atoms with E-state index in [1.54, 1.807) is 18.2 Å². The molecule has 0 aliphatic rings. The zero-order valence-electron chi connectivity index (χ0n) is 6.82. The number of aldehydes is 1. The Hall–Kier alpha value is -1.68. The quantitative estimate of drug-likeness (QED) is 0.667. The third-order valence-corrected chi connectivity index (χ3v) is 1.95. The molecule has 0 aliphatic carbocycles. The molecule has 66 valence electrons. The Labute approximate surface area is 74.2 Å². The van der Waals surface area contributed by atoms with Crippen molar-refractivity contribution in [1.82, 2.24) is 10.2 Å². The molecule has 2 aromatic rings. The monoisotopic (exact) mass is 176 g/mol. The van der Waals surface area contributed by atoms with Gasteiger partial charge < -0.3 is 5.11 Å². The fourth-order valence-electron chi connectivity index (χ4n) is 1.28. The summed E-state index contributed by atoms with van der Waals surface area (Å²) in [5, 5.41) is 16.4. The lowest BCUT2D eigenvalue weighted by Gasteiger charge is -1.91. The Morgan fingerprint density at radius 1 is 1.54 bits per heavy atom. The molecule has 2 N–H and O–H groups in total. The van der Waals surface area contributed by atoms with Crippen LogP contribution in [-0.4, -0.2) is 21.6 Å². The Morgan fingerprint density at radius 2 is 2.38 bits per heavy atom. The molecular weight excluding hydrogens is 168 g/mol. The van der Waals surface area contributed by atoms with Gasteiger partial charge in [-0.05, 0) is 6.07 Å². The lowest BCUT2D eigenvalue weighted by atomic mass is 10.1. The molecule has 0 unspecified atom stereocenters. The molecular formula is C9H8N2O2. The van der Waals surface area contributed by atoms with Gasteiger partial charge in [-0.25, -0.2) is 0 Å². The molecule has 0 spiro atoms. The molecule has 0 fully saturated rings. The van der Waals surface area contributed by atoms with Gasteiger partial charge in [-0.15, -0.1) is 0 Å². The molecule has 4 heteroatoms. The van der Waals surface area contributed by atoms with Gasteiger partial charge in [0.05, 0.1) is 17.8 Å². The summed E-state index contributed by atoms with van der Waals surface area (Å²) in [6.07, 6.45) is 0.771. The van der Waals surface area contributed by atoms with E-state index in [9.17, 15) is 4.79 Å². The minimum Gasteiger partial charge on any atom is -0.390 e. The number of fused-ring (bicyclic) bond motifs is 1. The highest BCUT2D eigenvalue weighted by Gasteiger charge is 2.03. The van der Waals surface area contributed by atoms with Crippen LogP contribution in [0.25, 0.3) is 10.9 Å². The topological polar surface area (TPSA) is 66.0 Å². The fourth-order valence-corrected chi connectivity index (χ4v) is 1.28. The highest BCUT2D eigenvalue weighted by molar-refractivity contribution is 5.87. The van der Waals surface area contributed by atoms with Crippen molar-refractivity contribution < 1.29 is 9.90 Å². The number of aliphatic hydroxyl groups excluding tert-OH is 1. The number of nitrogens with zero attached hydrogens (tertiary/aromatic N) is 1. The van der Waals surface area contributed by atoms with E-state index in [0.29, 0.717) is 16.8 Å². The van der Waals surface area contributed by atoms with E-state index >= 15 is 0 Å². The van der Waals surface area contributed by atoms with Gasteiger partial charge in [-0.1, -0.05) is 12.1 Å². The number of benzene rings is 1. The fraction of sp³-hybridized carbons (Fsp3) is 0.111. The van der Waals surface area contributed by atoms with Crippen LogP contribution in [0.1, 0.15) is 16.1 Å². The number of aromatic nitrogens is 2. The summed E-state index contributed by atoms with van der Waals surface area (Å²) in [6, 6.07) is 5.15. The molecule has 0 aliphatic heterocycles. The predicted octanol–water partition coefficient (Wildman–Crippen LogP) is 0.868. The van der Waals surface area contributed by atoms with Gasteiger partial charge in [-0.2, -0.15) is 5.10 Å². The normalized spacial score (nSPS) is 10.5. The number of hydrogen-bond acceptors (Lipinski definition) is 3. The van der Waals surface area contributed by atoms with Crippen LogP contribution in [0.4, 0.5) is 0 Å². The first-order valence-electron chi connectivity index (χ1n) is 3.88. The zero-order valence-corrected chi connectivity index (χ0v) is 6.82. The highest BCUT2D eigenvalue weighted by Crippen LogP contribution is 2.16. The maximum absolute atomic E-state index is 10.4. The second-order valence-electron chi connectivity index (χ2n) is 2.75. The van der Waals surface area contributed by atoms with Crippen molar-refractivity contribution in [1.29, 1.82) is 0 Å². The van der Waals surface area contributed by atoms with Gasteiger partial charge in [0.15, 0.2) is 0 Å². The molecule has 1 aromatic carbocycles. The molecule has 13 heavy (non-hydrogen) atoms. The Morgan fingerprint density at radius 3 is 3.08 bits per heavy atom. The number of rotatable bonds is 2. The molecule has 1 heterocycles. The summed E-state index contributed by atoms with van der Waals surface area (Å²) in [4.78, 5) is 10.4. The minimum atomic E-state index is -0.0725. The third-order valence-electron chi connectivity index (χ3n) is 1.95. The summed E-state index contributed by atoms with van der Waals surface area (Å²) in [5.74, 6) is 0. The Bertz CT molecular complexity index is 448. The van der Waals surface area contributed by atoms with Crippen LogP contribution < -0.4 is 0 Å². The van der Waals surface area contributed by atoms with E-state index < -0.39 is 0 Å². The molecule has 0 atom stereocenters. The van der Waals surface area contributed by atoms with Crippen molar-refractivity contribution in [2.45, 2.75) is 6.61 Å². The van der Waals surface area contributed by atoms with Crippen LogP contribution >= 0.6 is 0 Å². The number of H-pyrrole nitrogens is 1. The minimum absolute atomic E-state index is 0.0725. The van der Waals surface area contributed by atoms with E-state index in [2.05, 4.69) is 10.2 Å². The largest absolute Gasteiger partial charge is 0.390 e. The van der Waals surface area contributed by atoms with Crippen molar-refractivity contribution in [3.63, 3.8) is 0 Å². The first-order valence-corrected chi connectivity index (χ1v) is 3.88. The van der Waals surface area contributed by atoms with Crippen molar-refractivity contribution in [2.24, 2.45) is 0 Å². The van der Waals surface area contributed by atoms with Crippen LogP contribution in [0.15, 0.2) is 18.2 Å². The number of hydrogen-bond donors (Lipinski definition) is 2. The lowest BCUT2D eigenvalue weighted by molar-refractivity contribution is 0.112. The van der Waals surface area contributed by atoms with Gasteiger partial charge in [0.25, 0.3) is 0 Å². The molecule has 1 aromatic heterocycles. The summed E-state index contributed by atoms with van der Waals surface area (Å²) in [5.41, 5.74) is 1.96. The summed E-state index contributed by atoms with van der Waals surface area (Å²) < 4.78 is 0. The lowest BCUT2D eigenvalue weighted by Crippen LogP contribution is -1.83. The smallest absolute Gasteiger partial charge is 0.150 e. The molecule has 0 saturated carbocycles. The number of aliphatic hydroxyl groups is 1. The first-order chi connectivity index (χ1) is 6.35. The zero-order chi connectivity index (χ0) is 9.26. The summed E-state index contributed by atoms with van der Waals surface area (Å²) >= 11 is 0. The second kappa shape index (κ2) is 2.99. The molecule has 0 amide bonds. The average molecular weight is 176 g/mol. The Balaban J connectivity index is 2.67. The molecule has 0 radical (unpaired) electrons. The molecule has 0 saturated heterocycles. The first kappa shape index (κ1) is 7.94. The van der Waals surface area contributed by atoms with Crippen LogP contribution in [0.2, 0.25) is 0 Å². The van der Waals surface area contributed by atoms with Gasteiger partial charge in [-0.3, -0.25) is 9.89 Å². The number of aromatic amines is 1. The van der Waals surface area contributed by atoms with Gasteiger partial charge in [0, 0.05) is 10.9 Å². The standard InChI is InChI=1S/C9H8N2O2/c12-4-6-1-2-7-8(3-6)10-11-9(7)5-13/h1-4,13H,5H2,(H,10,11). The van der Waals surface area contributed by atoms with E-state index in [1.165, 1.54) is 0 Å². The average Bonchev–Trinajstić information content (AvgIpc) is 2.59. The van der Waals surface area contributed by atoms with Crippen LogP contribution in [0.5, 0.6) is 0 Å². The van der Waals surface area contributed by atoms with E-state index in [4.69, 9.17) is 5.11 Å². The maximum atomic E-state index is 10.4. The van der Waals surface area contributed by atoms with E-state index in [1.807, 2.05) is 0 Å². The number of carbonyl (C=O) groups excluding carboxylic acids is 1. The van der Waals surface area contributed by atoms with Crippen molar-refractivity contribution in [3.8, 4) is 0 Å². The molecule has 2 rings (SSSR count). The van der Waals surface area contributed by atoms with Gasteiger partial charge in [0.2, 0.25) is 0 Å². The van der Waals surface area contributed by atoms with E-state index in [-0.39, 0.29) is 6.61 Å². The number of nitrogens with one attached hydrogen (secondary N) is 1. The van der Waals surface area contributed by atoms with E-state index in [0.717, 1.165) is 11.7 Å². The SMILES string of the molecule is O=Cc1ccc2c(CO)[nH]nc2c1.